The zero-order valence-corrected chi connectivity index (χ0v) is 15.4. The Morgan fingerprint density at radius 1 is 1.03 bits per heavy atom. The van der Waals surface area contributed by atoms with Crippen molar-refractivity contribution in [3.05, 3.63) is 29.8 Å². The van der Waals surface area contributed by atoms with Crippen molar-refractivity contribution in [3.8, 4) is 5.75 Å². The average Bonchev–Trinajstić information content (AvgIpc) is 3.02. The lowest BCUT2D eigenvalue weighted by atomic mass is 9.76. The molecule has 2 fully saturated rings. The van der Waals surface area contributed by atoms with E-state index in [4.69, 9.17) is 14.2 Å². The monoisotopic (exact) mass is 418 g/mol. The molecule has 8 unspecified atom stereocenters. The maximum Gasteiger partial charge on any atom is 0.187 e. The lowest BCUT2D eigenvalue weighted by molar-refractivity contribution is -0.353. The molecule has 0 bridgehead atoms. The third kappa shape index (κ3) is 3.86. The number of rotatable bonds is 6. The molecule has 0 saturated carbocycles. The summed E-state index contributed by atoms with van der Waals surface area (Å²) in [6, 6.07) is 6.00. The Bertz CT molecular complexity index is 681. The smallest absolute Gasteiger partial charge is 0.187 e. The van der Waals surface area contributed by atoms with E-state index in [1.807, 2.05) is 0 Å². The van der Waals surface area contributed by atoms with Gasteiger partial charge in [0, 0.05) is 0 Å². The van der Waals surface area contributed by atoms with Crippen LogP contribution in [0.5, 0.6) is 5.75 Å². The van der Waals surface area contributed by atoms with E-state index in [0.29, 0.717) is 5.56 Å². The van der Waals surface area contributed by atoms with E-state index >= 15 is 0 Å². The van der Waals surface area contributed by atoms with Crippen molar-refractivity contribution >= 4 is 0 Å². The fourth-order valence-corrected chi connectivity index (χ4v) is 3.63. The van der Waals surface area contributed by atoms with Crippen LogP contribution in [0.4, 0.5) is 0 Å². The second-order valence-electron chi connectivity index (χ2n) is 7.41. The van der Waals surface area contributed by atoms with Gasteiger partial charge in [-0.3, -0.25) is 0 Å². The zero-order chi connectivity index (χ0) is 21.4. The van der Waals surface area contributed by atoms with Crippen LogP contribution >= 0.6 is 0 Å². The fourth-order valence-electron chi connectivity index (χ4n) is 3.63. The minimum Gasteiger partial charge on any atom is -0.508 e. The summed E-state index contributed by atoms with van der Waals surface area (Å²) >= 11 is 0. The number of phenolic OH excluding ortho intramolecular Hbond substituents is 1. The lowest BCUT2D eigenvalue weighted by Gasteiger charge is -2.50. The highest BCUT2D eigenvalue weighted by molar-refractivity contribution is 5.25. The molecular formula is C18H26O11. The fraction of sp³-hybridized carbons (Fsp3) is 0.667. The summed E-state index contributed by atoms with van der Waals surface area (Å²) in [6.07, 6.45) is -10.3. The number of phenols is 1. The van der Waals surface area contributed by atoms with Crippen LogP contribution in [0, 0.1) is 0 Å². The molecule has 11 nitrogen and oxygen atoms in total. The number of benzene rings is 1. The molecule has 0 spiro atoms. The maximum absolute atomic E-state index is 11.0. The predicted octanol–water partition coefficient (Wildman–Crippen LogP) is -3.44. The van der Waals surface area contributed by atoms with Crippen molar-refractivity contribution < 1.29 is 55.1 Å². The summed E-state index contributed by atoms with van der Waals surface area (Å²) < 4.78 is 16.1. The molecule has 8 N–H and O–H groups in total. The Hall–Kier alpha value is -1.38. The largest absolute Gasteiger partial charge is 0.508 e. The molecule has 2 saturated heterocycles. The summed E-state index contributed by atoms with van der Waals surface area (Å²) in [7, 11) is 0. The van der Waals surface area contributed by atoms with E-state index in [9.17, 15) is 40.9 Å². The van der Waals surface area contributed by atoms with Crippen LogP contribution in [-0.2, 0) is 20.8 Å². The normalized spacial score (nSPS) is 42.9. The van der Waals surface area contributed by atoms with Gasteiger partial charge in [-0.1, -0.05) is 12.1 Å². The first kappa shape index (κ1) is 22.3. The van der Waals surface area contributed by atoms with Gasteiger partial charge >= 0.3 is 0 Å². The number of hydrogen-bond acceptors (Lipinski definition) is 11. The number of ether oxygens (including phenoxy) is 3. The summed E-state index contributed by atoms with van der Waals surface area (Å²) in [5, 5.41) is 80.8. The van der Waals surface area contributed by atoms with E-state index in [2.05, 4.69) is 0 Å². The first-order valence-electron chi connectivity index (χ1n) is 9.04. The number of aliphatic hydroxyl groups excluding tert-OH is 5. The van der Waals surface area contributed by atoms with Crippen LogP contribution < -0.4 is 0 Å². The van der Waals surface area contributed by atoms with E-state index in [1.54, 1.807) is 12.1 Å². The molecule has 0 aliphatic carbocycles. The van der Waals surface area contributed by atoms with Crippen molar-refractivity contribution in [1.29, 1.82) is 0 Å². The van der Waals surface area contributed by atoms with Gasteiger partial charge in [-0.05, 0) is 17.7 Å². The summed E-state index contributed by atoms with van der Waals surface area (Å²) in [5.74, 6) is 0.0569. The van der Waals surface area contributed by atoms with Crippen LogP contribution in [0.15, 0.2) is 24.3 Å². The quantitative estimate of drug-likeness (QED) is 0.229. The van der Waals surface area contributed by atoms with Crippen LogP contribution in [0.3, 0.4) is 0 Å². The second kappa shape index (κ2) is 8.40. The minimum absolute atomic E-state index is 0.0569. The standard InChI is InChI=1S/C18H26O11/c19-5-11-18(26,15-14(24)17(25,7-20)8-28-15)13(23)12(22)16(29-11)27-6-9-1-3-10(21)4-2-9/h1-4,11-16,19-26H,5-8H2. The molecule has 3 rings (SSSR count). The molecule has 2 aliphatic rings. The van der Waals surface area contributed by atoms with Crippen molar-refractivity contribution in [1.82, 2.24) is 0 Å². The van der Waals surface area contributed by atoms with Gasteiger partial charge in [0.1, 0.15) is 41.9 Å². The third-order valence-corrected chi connectivity index (χ3v) is 5.49. The SMILES string of the molecule is OCC1OC(OCc2ccc(O)cc2)C(O)C(O)C1(O)C1OCC(O)(CO)C1O. The van der Waals surface area contributed by atoms with Gasteiger partial charge in [0.25, 0.3) is 0 Å². The average molecular weight is 418 g/mol. The first-order valence-corrected chi connectivity index (χ1v) is 9.04. The Morgan fingerprint density at radius 2 is 1.69 bits per heavy atom. The molecule has 0 radical (unpaired) electrons. The zero-order valence-electron chi connectivity index (χ0n) is 15.4. The molecule has 0 amide bonds. The van der Waals surface area contributed by atoms with Crippen molar-refractivity contribution in [2.24, 2.45) is 0 Å². The third-order valence-electron chi connectivity index (χ3n) is 5.49. The van der Waals surface area contributed by atoms with E-state index in [0.717, 1.165) is 0 Å². The molecule has 164 valence electrons. The van der Waals surface area contributed by atoms with Gasteiger partial charge in [0.05, 0.1) is 26.4 Å². The van der Waals surface area contributed by atoms with E-state index in [1.165, 1.54) is 12.1 Å². The predicted molar refractivity (Wildman–Crippen MR) is 93.4 cm³/mol. The Balaban J connectivity index is 1.76. The molecule has 0 aromatic heterocycles. The molecule has 1 aromatic rings. The summed E-state index contributed by atoms with van der Waals surface area (Å²) in [5.41, 5.74) is -3.97. The Kier molecular flexibility index (Phi) is 6.46. The summed E-state index contributed by atoms with van der Waals surface area (Å²) in [6.45, 7) is -2.32. The topological polar surface area (TPSA) is 190 Å². The molecule has 11 heteroatoms. The van der Waals surface area contributed by atoms with Gasteiger partial charge in [0.2, 0.25) is 0 Å². The van der Waals surface area contributed by atoms with Gasteiger partial charge < -0.3 is 55.1 Å². The minimum atomic E-state index is -2.51. The van der Waals surface area contributed by atoms with Crippen molar-refractivity contribution in [3.63, 3.8) is 0 Å². The van der Waals surface area contributed by atoms with Crippen molar-refractivity contribution in [2.75, 3.05) is 19.8 Å². The second-order valence-corrected chi connectivity index (χ2v) is 7.41. The van der Waals surface area contributed by atoms with Gasteiger partial charge in [0.15, 0.2) is 11.9 Å². The van der Waals surface area contributed by atoms with Crippen LogP contribution in [-0.4, -0.2) is 109 Å². The van der Waals surface area contributed by atoms with E-state index < -0.39 is 67.8 Å². The van der Waals surface area contributed by atoms with Crippen molar-refractivity contribution in [2.45, 2.75) is 54.6 Å². The molecule has 2 heterocycles. The van der Waals surface area contributed by atoms with E-state index in [-0.39, 0.29) is 12.4 Å². The van der Waals surface area contributed by atoms with Crippen LogP contribution in [0.2, 0.25) is 0 Å². The van der Waals surface area contributed by atoms with Gasteiger partial charge in [-0.2, -0.15) is 0 Å². The molecule has 1 aromatic carbocycles. The Labute approximate surface area is 165 Å². The first-order chi connectivity index (χ1) is 13.7. The molecule has 29 heavy (non-hydrogen) atoms. The highest BCUT2D eigenvalue weighted by atomic mass is 16.7. The number of aromatic hydroxyl groups is 1. The number of hydrogen-bond donors (Lipinski definition) is 8. The summed E-state index contributed by atoms with van der Waals surface area (Å²) in [4.78, 5) is 0. The van der Waals surface area contributed by atoms with Crippen LogP contribution in [0.1, 0.15) is 5.56 Å². The molecular weight excluding hydrogens is 392 g/mol. The van der Waals surface area contributed by atoms with Gasteiger partial charge in [-0.15, -0.1) is 0 Å². The highest BCUT2D eigenvalue weighted by Gasteiger charge is 2.65. The molecule has 2 aliphatic heterocycles. The maximum atomic E-state index is 11.0. The molecule has 8 atom stereocenters. The van der Waals surface area contributed by atoms with Crippen LogP contribution in [0.25, 0.3) is 0 Å². The Morgan fingerprint density at radius 3 is 2.24 bits per heavy atom. The van der Waals surface area contributed by atoms with Gasteiger partial charge in [-0.25, -0.2) is 0 Å². The number of aliphatic hydroxyl groups is 7. The highest BCUT2D eigenvalue weighted by Crippen LogP contribution is 2.40. The lowest BCUT2D eigenvalue weighted by Crippen LogP contribution is -2.73.